The quantitative estimate of drug-likeness (QED) is 0.474. The average molecular weight is 306 g/mol. The van der Waals surface area contributed by atoms with Crippen molar-refractivity contribution in [2.45, 2.75) is 32.6 Å². The lowest BCUT2D eigenvalue weighted by Gasteiger charge is -2.29. The molecule has 1 heterocycles. The third-order valence-corrected chi connectivity index (χ3v) is 3.50. The maximum atomic E-state index is 12.0. The van der Waals surface area contributed by atoms with E-state index in [1.807, 2.05) is 0 Å². The Kier molecular flexibility index (Phi) is 5.63. The van der Waals surface area contributed by atoms with E-state index in [0.29, 0.717) is 23.7 Å². The first kappa shape index (κ1) is 16.1. The van der Waals surface area contributed by atoms with Crippen molar-refractivity contribution in [3.8, 4) is 5.75 Å². The van der Waals surface area contributed by atoms with Gasteiger partial charge < -0.3 is 15.2 Å². The first-order valence-corrected chi connectivity index (χ1v) is 7.60. The lowest BCUT2D eigenvalue weighted by atomic mass is 10.2. The number of unbranched alkanes of at least 4 members (excludes halogenated alkanes) is 3. The van der Waals surface area contributed by atoms with Gasteiger partial charge in [0.2, 0.25) is 0 Å². The highest BCUT2D eigenvalue weighted by molar-refractivity contribution is 6.04. The molecule has 0 bridgehead atoms. The number of amides is 1. The van der Waals surface area contributed by atoms with Crippen molar-refractivity contribution < 1.29 is 19.1 Å². The van der Waals surface area contributed by atoms with E-state index >= 15 is 0 Å². The van der Waals surface area contributed by atoms with E-state index in [1.54, 1.807) is 18.2 Å². The molecule has 0 saturated carbocycles. The van der Waals surface area contributed by atoms with Crippen LogP contribution in [-0.4, -0.2) is 31.6 Å². The van der Waals surface area contributed by atoms with Gasteiger partial charge >= 0.3 is 5.97 Å². The fraction of sp³-hybridized carbons (Fsp3) is 0.500. The Labute approximate surface area is 130 Å². The van der Waals surface area contributed by atoms with Crippen molar-refractivity contribution in [2.75, 3.05) is 30.4 Å². The average Bonchev–Trinajstić information content (AvgIpc) is 2.50. The second-order valence-electron chi connectivity index (χ2n) is 5.24. The number of nitrogens with two attached hydrogens (primary N) is 1. The zero-order valence-corrected chi connectivity index (χ0v) is 12.8. The standard InChI is InChI=1S/C16H22N2O4/c1-2-3-4-5-9-21-15(20)10-18-14(19)11-22-13-8-6-7-12(17)16(13)18/h6-8H,2-5,9-11,17H2,1H3. The van der Waals surface area contributed by atoms with Gasteiger partial charge in [0.15, 0.2) is 6.61 Å². The second-order valence-corrected chi connectivity index (χ2v) is 5.24. The maximum absolute atomic E-state index is 12.0. The summed E-state index contributed by atoms with van der Waals surface area (Å²) in [5.74, 6) is -0.218. The van der Waals surface area contributed by atoms with Gasteiger partial charge in [-0.3, -0.25) is 14.5 Å². The van der Waals surface area contributed by atoms with E-state index in [0.717, 1.165) is 25.7 Å². The van der Waals surface area contributed by atoms with Crippen molar-refractivity contribution in [1.29, 1.82) is 0 Å². The fourth-order valence-electron chi connectivity index (χ4n) is 2.34. The molecule has 0 unspecified atom stereocenters. The van der Waals surface area contributed by atoms with Gasteiger partial charge in [-0.25, -0.2) is 0 Å². The third kappa shape index (κ3) is 3.90. The molecule has 0 aliphatic carbocycles. The molecule has 0 aromatic heterocycles. The van der Waals surface area contributed by atoms with Gasteiger partial charge in [-0.05, 0) is 18.6 Å². The zero-order chi connectivity index (χ0) is 15.9. The van der Waals surface area contributed by atoms with Gasteiger partial charge in [-0.15, -0.1) is 0 Å². The molecule has 0 fully saturated rings. The topological polar surface area (TPSA) is 81.9 Å². The Bertz CT molecular complexity index is 545. The number of esters is 1. The number of para-hydroxylation sites is 1. The number of anilines is 2. The summed E-state index contributed by atoms with van der Waals surface area (Å²) in [6, 6.07) is 5.14. The van der Waals surface area contributed by atoms with Crippen LogP contribution in [0.2, 0.25) is 0 Å². The molecule has 0 radical (unpaired) electrons. The molecule has 6 heteroatoms. The Morgan fingerprint density at radius 3 is 2.95 bits per heavy atom. The summed E-state index contributed by atoms with van der Waals surface area (Å²) in [6.07, 6.45) is 4.14. The van der Waals surface area contributed by atoms with E-state index in [1.165, 1.54) is 4.90 Å². The minimum absolute atomic E-state index is 0.0970. The number of carbonyl (C=O) groups is 2. The van der Waals surface area contributed by atoms with Gasteiger partial charge in [0.25, 0.3) is 5.91 Å². The fourth-order valence-corrected chi connectivity index (χ4v) is 2.34. The summed E-state index contributed by atoms with van der Waals surface area (Å²) < 4.78 is 10.5. The van der Waals surface area contributed by atoms with Gasteiger partial charge in [-0.2, -0.15) is 0 Å². The third-order valence-electron chi connectivity index (χ3n) is 3.50. The molecule has 1 aliphatic heterocycles. The molecule has 120 valence electrons. The Morgan fingerprint density at radius 1 is 1.36 bits per heavy atom. The van der Waals surface area contributed by atoms with Gasteiger partial charge in [0, 0.05) is 0 Å². The van der Waals surface area contributed by atoms with E-state index in [4.69, 9.17) is 15.2 Å². The molecule has 0 spiro atoms. The van der Waals surface area contributed by atoms with Crippen LogP contribution in [0.1, 0.15) is 32.6 Å². The van der Waals surface area contributed by atoms with Crippen molar-refractivity contribution in [3.05, 3.63) is 18.2 Å². The molecule has 1 aromatic rings. The van der Waals surface area contributed by atoms with Crippen molar-refractivity contribution in [1.82, 2.24) is 0 Å². The Balaban J connectivity index is 1.95. The molecule has 1 aromatic carbocycles. The van der Waals surface area contributed by atoms with Crippen molar-refractivity contribution in [2.24, 2.45) is 0 Å². The molecule has 2 rings (SSSR count). The van der Waals surface area contributed by atoms with Crippen LogP contribution in [0.25, 0.3) is 0 Å². The van der Waals surface area contributed by atoms with E-state index in [-0.39, 0.29) is 19.1 Å². The highest BCUT2D eigenvalue weighted by Gasteiger charge is 2.29. The predicted molar refractivity (Wildman–Crippen MR) is 83.8 cm³/mol. The molecular weight excluding hydrogens is 284 g/mol. The number of rotatable bonds is 7. The second kappa shape index (κ2) is 7.68. The summed E-state index contributed by atoms with van der Waals surface area (Å²) in [6.45, 7) is 2.27. The monoisotopic (exact) mass is 306 g/mol. The first-order valence-electron chi connectivity index (χ1n) is 7.60. The van der Waals surface area contributed by atoms with Crippen LogP contribution < -0.4 is 15.4 Å². The SMILES string of the molecule is CCCCCCOC(=O)CN1C(=O)COc2cccc(N)c21. The summed E-state index contributed by atoms with van der Waals surface area (Å²) in [5.41, 5.74) is 6.75. The highest BCUT2D eigenvalue weighted by atomic mass is 16.5. The lowest BCUT2D eigenvalue weighted by molar-refractivity contribution is -0.143. The molecule has 2 N–H and O–H groups in total. The number of fused-ring (bicyclic) bond motifs is 1. The van der Waals surface area contributed by atoms with Crippen LogP contribution in [0, 0.1) is 0 Å². The number of hydrogen-bond acceptors (Lipinski definition) is 5. The van der Waals surface area contributed by atoms with Crippen LogP contribution in [0.4, 0.5) is 11.4 Å². The maximum Gasteiger partial charge on any atom is 0.326 e. The lowest BCUT2D eigenvalue weighted by Crippen LogP contribution is -2.42. The molecule has 6 nitrogen and oxygen atoms in total. The van der Waals surface area contributed by atoms with Gasteiger partial charge in [-0.1, -0.05) is 32.3 Å². The van der Waals surface area contributed by atoms with Crippen LogP contribution >= 0.6 is 0 Å². The number of nitrogens with zero attached hydrogens (tertiary/aromatic N) is 1. The van der Waals surface area contributed by atoms with E-state index < -0.39 is 5.97 Å². The normalized spacial score (nSPS) is 13.5. The summed E-state index contributed by atoms with van der Waals surface area (Å²) in [4.78, 5) is 25.2. The number of ether oxygens (including phenoxy) is 2. The largest absolute Gasteiger partial charge is 0.481 e. The number of benzene rings is 1. The van der Waals surface area contributed by atoms with Gasteiger partial charge in [0.1, 0.15) is 18.0 Å². The van der Waals surface area contributed by atoms with Crippen molar-refractivity contribution >= 4 is 23.3 Å². The van der Waals surface area contributed by atoms with Crippen LogP contribution in [-0.2, 0) is 14.3 Å². The molecule has 1 aliphatic rings. The summed E-state index contributed by atoms with van der Waals surface area (Å²) in [7, 11) is 0. The van der Waals surface area contributed by atoms with E-state index in [9.17, 15) is 9.59 Å². The smallest absolute Gasteiger partial charge is 0.326 e. The van der Waals surface area contributed by atoms with E-state index in [2.05, 4.69) is 6.92 Å². The molecule has 22 heavy (non-hydrogen) atoms. The minimum Gasteiger partial charge on any atom is -0.481 e. The highest BCUT2D eigenvalue weighted by Crippen LogP contribution is 2.36. The van der Waals surface area contributed by atoms with Crippen LogP contribution in [0.5, 0.6) is 5.75 Å². The minimum atomic E-state index is -0.430. The predicted octanol–water partition coefficient (Wildman–Crippen LogP) is 2.12. The Morgan fingerprint density at radius 2 is 2.18 bits per heavy atom. The molecule has 0 saturated heterocycles. The number of nitrogen functional groups attached to an aromatic ring is 1. The summed E-state index contributed by atoms with van der Waals surface area (Å²) in [5, 5.41) is 0. The molecule has 0 atom stereocenters. The van der Waals surface area contributed by atoms with Crippen molar-refractivity contribution in [3.63, 3.8) is 0 Å². The first-order chi connectivity index (χ1) is 10.6. The Hall–Kier alpha value is -2.24. The summed E-state index contributed by atoms with van der Waals surface area (Å²) >= 11 is 0. The van der Waals surface area contributed by atoms with Crippen LogP contribution in [0.15, 0.2) is 18.2 Å². The molecule has 1 amide bonds. The molecular formula is C16H22N2O4. The number of carbonyl (C=O) groups excluding carboxylic acids is 2. The number of hydrogen-bond donors (Lipinski definition) is 1. The zero-order valence-electron chi connectivity index (χ0n) is 12.8. The van der Waals surface area contributed by atoms with Gasteiger partial charge in [0.05, 0.1) is 12.3 Å². The van der Waals surface area contributed by atoms with Crippen LogP contribution in [0.3, 0.4) is 0 Å².